The minimum atomic E-state index is -6.32. The average Bonchev–Trinajstić information content (AvgIpc) is 0.731. The molecule has 11 rings (SSSR count). The van der Waals surface area contributed by atoms with Crippen LogP contribution in [-0.4, -0.2) is 628 Å². The van der Waals surface area contributed by atoms with Crippen LogP contribution in [0, 0.1) is 0 Å². The molecule has 39 N–H and O–H groups in total. The van der Waals surface area contributed by atoms with Crippen molar-refractivity contribution in [3.63, 3.8) is 0 Å². The normalized spacial score (nSPS) is 47.7. The second-order valence-corrected chi connectivity index (χ2v) is 37.8. The third kappa shape index (κ3) is 27.0. The van der Waals surface area contributed by atoms with Gasteiger partial charge in [0.05, 0.1) is 84.4 Å². The van der Waals surface area contributed by atoms with Crippen molar-refractivity contribution in [1.29, 1.82) is 0 Å². The molecular formula is C78H130N3O64P. The van der Waals surface area contributed by atoms with Gasteiger partial charge in [-0.2, -0.15) is 0 Å². The Morgan fingerprint density at radius 3 is 1.23 bits per heavy atom. The lowest BCUT2D eigenvalue weighted by molar-refractivity contribution is -0.409. The summed E-state index contributed by atoms with van der Waals surface area (Å²) in [6.07, 6.45) is -128. The third-order valence-electron chi connectivity index (χ3n) is 26.2. The summed E-state index contributed by atoms with van der Waals surface area (Å²) in [6.45, 7) is -9.53. The number of carbonyl (C=O) groups excluding carboxylic acids is 3. The molecule has 67 nitrogen and oxygen atoms in total. The summed E-state index contributed by atoms with van der Waals surface area (Å²) in [6, 6.07) is -5.95. The largest absolute Gasteiger partial charge is 0.477 e. The molecule has 11 aliphatic heterocycles. The molecule has 68 heteroatoms. The third-order valence-corrected chi connectivity index (χ3v) is 26.8. The molecule has 0 aromatic heterocycles. The van der Waals surface area contributed by atoms with E-state index < -0.39 is 465 Å². The highest BCUT2D eigenvalue weighted by Gasteiger charge is 2.67. The molecule has 146 heavy (non-hydrogen) atoms. The van der Waals surface area contributed by atoms with Crippen molar-refractivity contribution >= 4 is 37.5 Å². The van der Waals surface area contributed by atoms with Crippen molar-refractivity contribution in [2.24, 2.45) is 0 Å². The second-order valence-electron chi connectivity index (χ2n) is 36.6. The molecule has 0 spiro atoms. The predicted molar refractivity (Wildman–Crippen MR) is 441 cm³/mol. The monoisotopic (exact) mass is 2160 g/mol. The summed E-state index contributed by atoms with van der Waals surface area (Å²) in [4.78, 5) is 87.9. The number of carboxylic acid groups (broad SMARTS) is 2. The van der Waals surface area contributed by atoms with E-state index in [9.17, 15) is 212 Å². The number of hydrogen-bond acceptors (Lipinski definition) is 60. The van der Waals surface area contributed by atoms with E-state index in [1.165, 1.54) is 6.92 Å². The summed E-state index contributed by atoms with van der Waals surface area (Å²) in [5, 5.41) is 389. The van der Waals surface area contributed by atoms with Gasteiger partial charge in [0.25, 0.3) is 11.6 Å². The van der Waals surface area contributed by atoms with Gasteiger partial charge < -0.3 is 299 Å². The van der Waals surface area contributed by atoms with Crippen molar-refractivity contribution in [2.75, 3.05) is 66.1 Å². The molecular weight excluding hydrogens is 2030 g/mol. The van der Waals surface area contributed by atoms with Crippen molar-refractivity contribution < 1.29 is 316 Å². The van der Waals surface area contributed by atoms with Gasteiger partial charge in [0.1, 0.15) is 262 Å². The maximum absolute atomic E-state index is 14.3. The van der Waals surface area contributed by atoms with E-state index in [2.05, 4.69) is 16.0 Å². The molecule has 0 unspecified atom stereocenters. The Balaban J connectivity index is 0.959. The Kier molecular flexibility index (Phi) is 42.8. The van der Waals surface area contributed by atoms with Crippen molar-refractivity contribution in [1.82, 2.24) is 16.0 Å². The van der Waals surface area contributed by atoms with Gasteiger partial charge in [-0.05, 0) is 6.92 Å². The average molecular weight is 2160 g/mol. The van der Waals surface area contributed by atoms with Crippen molar-refractivity contribution in [3.8, 4) is 0 Å². The van der Waals surface area contributed by atoms with Crippen molar-refractivity contribution in [3.05, 3.63) is 0 Å². The predicted octanol–water partition coefficient (Wildman–Crippen LogP) is -25.0. The molecule has 0 saturated carbocycles. The number of carboxylic acids is 2. The molecule has 11 aliphatic rings. The lowest BCUT2D eigenvalue weighted by Crippen LogP contribution is -2.72. The van der Waals surface area contributed by atoms with E-state index in [0.717, 1.165) is 20.8 Å². The van der Waals surface area contributed by atoms with Gasteiger partial charge in [-0.25, -0.2) is 14.2 Å². The summed E-state index contributed by atoms with van der Waals surface area (Å²) in [5.41, 5.74) is 0. The highest BCUT2D eigenvalue weighted by molar-refractivity contribution is 7.46. The number of aliphatic hydroxyl groups excluding tert-OH is 32. The Hall–Kier alpha value is -4.66. The number of aliphatic carboxylic acids is 2. The smallest absolute Gasteiger partial charge is 0.470 e. The molecule has 0 aliphatic carbocycles. The number of nitrogens with one attached hydrogen (secondary N) is 3. The van der Waals surface area contributed by atoms with E-state index in [0.29, 0.717) is 0 Å². The molecule has 0 aromatic carbocycles. The first-order chi connectivity index (χ1) is 68.5. The maximum atomic E-state index is 14.3. The zero-order valence-electron chi connectivity index (χ0n) is 77.2. The molecule has 0 bridgehead atoms. The first-order valence-electron chi connectivity index (χ1n) is 45.5. The molecule has 846 valence electrons. The van der Waals surface area contributed by atoms with Crippen LogP contribution in [0.3, 0.4) is 0 Å². The fourth-order valence-corrected chi connectivity index (χ4v) is 18.9. The minimum absolute atomic E-state index is 0.751. The van der Waals surface area contributed by atoms with Crippen LogP contribution in [0.15, 0.2) is 0 Å². The van der Waals surface area contributed by atoms with E-state index in [-0.39, 0.29) is 0 Å². The Labute approximate surface area is 822 Å². The molecule has 0 radical (unpaired) electrons. The van der Waals surface area contributed by atoms with E-state index in [4.69, 9.17) is 104 Å². The lowest BCUT2D eigenvalue weighted by Gasteiger charge is -2.53. The van der Waals surface area contributed by atoms with Gasteiger partial charge in [-0.15, -0.1) is 0 Å². The Bertz CT molecular complexity index is 4190. The number of phosphoric acid groups is 1. The maximum Gasteiger partial charge on any atom is 0.470 e. The highest BCUT2D eigenvalue weighted by atomic mass is 31.2. The number of rotatable bonds is 41. The van der Waals surface area contributed by atoms with Gasteiger partial charge >= 0.3 is 19.8 Å². The van der Waals surface area contributed by atoms with Gasteiger partial charge in [-0.3, -0.25) is 18.9 Å². The van der Waals surface area contributed by atoms with Crippen molar-refractivity contribution in [2.45, 2.75) is 389 Å². The quantitative estimate of drug-likeness (QED) is 0.0253. The van der Waals surface area contributed by atoms with Crippen LogP contribution in [0.5, 0.6) is 0 Å². The molecule has 0 aromatic rings. The summed E-state index contributed by atoms with van der Waals surface area (Å²) in [5.74, 6) is -15.3. The number of hydrogen-bond donors (Lipinski definition) is 39. The molecule has 11 saturated heterocycles. The standard InChI is InChI=1S/C78H130N3O64P/c1-17-36(96)45(105)49(109)69(128-17)125-14-30-41(101)47(107)51(111)71(133-30)138-61-28(12-87)131-68(35(81-20(4)90)62(61)139-72-52(112)48(108)42(102)31(134-72)15-126-70-50(110)46(106)38(98)27(11-86)130-70)140-63-53(113)56(22(92)7-82)135-73(54(63)114)141-64-55(115)74(136-58(24(94)9-84)65(64)145-146(121,122)123)137-60-26(142-78(76(119)120)5-21(91)37(97)57(143-78)23(93)8-83)6-77(75(117)118,144-59(60)25(95)10-85)127-16-32-40(100)44(104)34(80-19(3)89)67(132-32)124-13-29-39(99)43(103)33(66(116)129-29)79-18(2)88/h17,21-74,82-87,91-116H,5-16H2,1-4H3,(H,79,88)(H,80,89)(H,81,90)(H,117,118)(H,119,120)(H2,121,122,123)/t17-,21+,22-,23+,24-,25+,26+,27+,28+,29+,30+,31+,32+,33+,34+,35+,36-,37+,38+,39+,40+,41+,42+,43+,44+,45+,46-,47-,48-,49+,50+,51+,52+,53+,54-,55-,56+,57+,58+,59+,60+,61-,62+,63-,64+,65+,66-,67+,68+,69+,70-,71+,72-,73+,74+,77+,78+/m0/s1. The van der Waals surface area contributed by atoms with Gasteiger partial charge in [-0.1, -0.05) is 0 Å². The van der Waals surface area contributed by atoms with Crippen LogP contribution in [0.25, 0.3) is 0 Å². The number of phosphoric ester groups is 1. The number of amides is 3. The van der Waals surface area contributed by atoms with E-state index in [1.54, 1.807) is 0 Å². The van der Waals surface area contributed by atoms with Crippen LogP contribution in [0.1, 0.15) is 40.5 Å². The SMILES string of the molecule is CC(=O)N[C@@H]1[C@@H](O)[C@H](O)[C@@H](CO[C@@H]2O[C@H](CO[C@]3(C(=O)O)C[C@@H](O[C@]4(C(=O)O)C[C@@H](O)[C@@H](O)[C@@H]([C@H](O)CO)O4)[C@@H](O[C@H]4O[C@H]([C@@H](O)CO)[C@@H](OP(=O)(O)O)[C@H](O[C@H]5O[C@H]([C@@H](O)CO)[C@@H](O)[C@H](O[C@H]6O[C@H](CO)[C@H](O[C@H]7O[C@H](CO[C@@H]8O[C@@H](C)[C@H](O)[C@@H](O)[C@H]8O)[C@@H](O)[C@H](O)[C@H]7O)[C@H](O[C@@H]7O[C@H](CO[C@H]8O[C@H](CO)[C@@H](O)[C@H](O)[C@H]8O)[C@@H](O)[C@H](O)[C@H]7O)[C@H]6NC(C)=O)[C@@H]5O)[C@@H]4O)[C@@H]([C@H](O)CO)O3)[C@@H](O)[C@H](O)[C@H]2NC(C)=O)O[C@@H]1O. The molecule has 57 atom stereocenters. The first kappa shape index (κ1) is 122. The van der Waals surface area contributed by atoms with Crippen LogP contribution in [-0.2, 0) is 133 Å². The molecule has 3 amide bonds. The number of aliphatic hydroxyl groups is 32. The highest BCUT2D eigenvalue weighted by Crippen LogP contribution is 2.49. The fourth-order valence-electron chi connectivity index (χ4n) is 18.3. The minimum Gasteiger partial charge on any atom is -0.477 e. The number of carbonyl (C=O) groups is 5. The first-order valence-corrected chi connectivity index (χ1v) is 47.1. The second kappa shape index (κ2) is 51.4. The number of ether oxygens (including phenoxy) is 21. The van der Waals surface area contributed by atoms with E-state index >= 15 is 0 Å². The van der Waals surface area contributed by atoms with E-state index in [1.807, 2.05) is 0 Å². The van der Waals surface area contributed by atoms with Gasteiger partial charge in [0.15, 0.2) is 56.6 Å². The van der Waals surface area contributed by atoms with Crippen LogP contribution >= 0.6 is 7.82 Å². The van der Waals surface area contributed by atoms with Crippen LogP contribution < -0.4 is 16.0 Å². The molecule has 11 fully saturated rings. The van der Waals surface area contributed by atoms with Gasteiger partial charge in [0, 0.05) is 33.6 Å². The zero-order chi connectivity index (χ0) is 108. The van der Waals surface area contributed by atoms with Crippen LogP contribution in [0.2, 0.25) is 0 Å². The van der Waals surface area contributed by atoms with Crippen LogP contribution in [0.4, 0.5) is 0 Å². The molecule has 11 heterocycles. The lowest BCUT2D eigenvalue weighted by atomic mass is 9.89. The Morgan fingerprint density at radius 2 is 0.712 bits per heavy atom. The Morgan fingerprint density at radius 1 is 0.336 bits per heavy atom. The topological polar surface area (TPSA) is 1070 Å². The summed E-state index contributed by atoms with van der Waals surface area (Å²) < 4.78 is 142. The zero-order valence-corrected chi connectivity index (χ0v) is 78.1. The summed E-state index contributed by atoms with van der Waals surface area (Å²) >= 11 is 0. The summed E-state index contributed by atoms with van der Waals surface area (Å²) in [7, 11) is -6.32. The fraction of sp³-hybridized carbons (Fsp3) is 0.936. The van der Waals surface area contributed by atoms with Gasteiger partial charge in [0.2, 0.25) is 17.7 Å².